The van der Waals surface area contributed by atoms with Gasteiger partial charge in [0.15, 0.2) is 0 Å². The van der Waals surface area contributed by atoms with E-state index in [-0.39, 0.29) is 4.32 Å². The second-order valence-corrected chi connectivity index (χ2v) is 6.83. The smallest absolute Gasteiger partial charge is 0.0508 e. The average molecular weight is 346 g/mol. The summed E-state index contributed by atoms with van der Waals surface area (Å²) >= 11 is 7.57. The molecule has 0 aliphatic heterocycles. The third-order valence-electron chi connectivity index (χ3n) is 3.72. The Morgan fingerprint density at radius 3 is 2.50 bits per heavy atom. The first-order valence-corrected chi connectivity index (χ1v) is 7.93. The lowest BCUT2D eigenvalue weighted by Gasteiger charge is -2.34. The summed E-state index contributed by atoms with van der Waals surface area (Å²) in [7, 11) is 0. The molecule has 2 rings (SSSR count). The summed E-state index contributed by atoms with van der Waals surface area (Å²) in [4.78, 5) is 0. The molecular formula is C14H18Br2. The largest absolute Gasteiger partial charge is 0.0876 e. The molecule has 0 atom stereocenters. The summed E-state index contributed by atoms with van der Waals surface area (Å²) < 4.78 is 0.244. The minimum absolute atomic E-state index is 0.244. The lowest BCUT2D eigenvalue weighted by Crippen LogP contribution is -2.23. The van der Waals surface area contributed by atoms with Gasteiger partial charge in [0.2, 0.25) is 0 Å². The van der Waals surface area contributed by atoms with E-state index in [1.807, 2.05) is 0 Å². The Hall–Kier alpha value is 0.180. The Kier molecular flexibility index (Phi) is 4.12. The molecule has 0 spiro atoms. The van der Waals surface area contributed by atoms with Gasteiger partial charge in [-0.15, -0.1) is 0 Å². The van der Waals surface area contributed by atoms with Crippen LogP contribution in [0.4, 0.5) is 0 Å². The van der Waals surface area contributed by atoms with Crippen LogP contribution in [0.25, 0.3) is 0 Å². The van der Waals surface area contributed by atoms with Crippen molar-refractivity contribution in [3.63, 3.8) is 0 Å². The summed E-state index contributed by atoms with van der Waals surface area (Å²) in [6.45, 7) is 2.25. The zero-order valence-corrected chi connectivity index (χ0v) is 12.9. The first kappa shape index (κ1) is 12.6. The van der Waals surface area contributed by atoms with Crippen LogP contribution in [0.1, 0.15) is 48.8 Å². The Bertz CT molecular complexity index is 365. The van der Waals surface area contributed by atoms with Gasteiger partial charge in [0, 0.05) is 5.33 Å². The number of halogens is 2. The maximum absolute atomic E-state index is 4.00. The van der Waals surface area contributed by atoms with Crippen molar-refractivity contribution in [2.45, 2.75) is 48.7 Å². The molecule has 0 radical (unpaired) electrons. The highest BCUT2D eigenvalue weighted by atomic mass is 79.9. The van der Waals surface area contributed by atoms with Crippen LogP contribution in [0.15, 0.2) is 18.2 Å². The van der Waals surface area contributed by atoms with Gasteiger partial charge in [0.05, 0.1) is 4.32 Å². The quantitative estimate of drug-likeness (QED) is 0.625. The van der Waals surface area contributed by atoms with Crippen molar-refractivity contribution in [1.29, 1.82) is 0 Å². The second-order valence-electron chi connectivity index (χ2n) is 4.75. The Morgan fingerprint density at radius 2 is 1.88 bits per heavy atom. The SMILES string of the molecule is Cc1c(CBr)cccc1C1(Br)CCCCC1. The van der Waals surface area contributed by atoms with Crippen LogP contribution in [0.5, 0.6) is 0 Å². The third-order valence-corrected chi connectivity index (χ3v) is 5.54. The van der Waals surface area contributed by atoms with Crippen molar-refractivity contribution >= 4 is 31.9 Å². The summed E-state index contributed by atoms with van der Waals surface area (Å²) in [5, 5.41) is 0.954. The number of alkyl halides is 2. The fraction of sp³-hybridized carbons (Fsp3) is 0.571. The van der Waals surface area contributed by atoms with Crippen molar-refractivity contribution in [3.05, 3.63) is 34.9 Å². The Balaban J connectivity index is 2.38. The van der Waals surface area contributed by atoms with Gasteiger partial charge in [-0.2, -0.15) is 0 Å². The summed E-state index contributed by atoms with van der Waals surface area (Å²) in [5.41, 5.74) is 4.38. The highest BCUT2D eigenvalue weighted by Crippen LogP contribution is 2.46. The first-order valence-electron chi connectivity index (χ1n) is 6.01. The van der Waals surface area contributed by atoms with E-state index in [2.05, 4.69) is 57.0 Å². The van der Waals surface area contributed by atoms with Crippen LogP contribution in [0.3, 0.4) is 0 Å². The minimum Gasteiger partial charge on any atom is -0.0876 e. The van der Waals surface area contributed by atoms with Gasteiger partial charge >= 0.3 is 0 Å². The van der Waals surface area contributed by atoms with Gasteiger partial charge in [-0.3, -0.25) is 0 Å². The number of benzene rings is 1. The third kappa shape index (κ3) is 2.38. The van der Waals surface area contributed by atoms with Crippen LogP contribution in [0, 0.1) is 6.92 Å². The molecule has 1 aliphatic rings. The lowest BCUT2D eigenvalue weighted by molar-refractivity contribution is 0.414. The normalized spacial score (nSPS) is 19.7. The molecule has 0 aromatic heterocycles. The molecule has 0 amide bonds. The van der Waals surface area contributed by atoms with Crippen molar-refractivity contribution in [2.24, 2.45) is 0 Å². The maximum Gasteiger partial charge on any atom is 0.0508 e. The highest BCUT2D eigenvalue weighted by Gasteiger charge is 2.32. The van der Waals surface area contributed by atoms with Crippen LogP contribution in [-0.2, 0) is 9.65 Å². The molecule has 1 aromatic carbocycles. The van der Waals surface area contributed by atoms with Crippen LogP contribution >= 0.6 is 31.9 Å². The van der Waals surface area contributed by atoms with Gasteiger partial charge in [0.1, 0.15) is 0 Å². The molecule has 1 saturated carbocycles. The molecule has 2 heteroatoms. The molecule has 0 bridgehead atoms. The lowest BCUT2D eigenvalue weighted by atomic mass is 9.81. The highest BCUT2D eigenvalue weighted by molar-refractivity contribution is 9.09. The van der Waals surface area contributed by atoms with E-state index in [1.165, 1.54) is 48.8 Å². The summed E-state index contributed by atoms with van der Waals surface area (Å²) in [6.07, 6.45) is 6.65. The minimum atomic E-state index is 0.244. The molecule has 1 aromatic rings. The predicted molar refractivity (Wildman–Crippen MR) is 77.5 cm³/mol. The molecular weight excluding hydrogens is 328 g/mol. The molecule has 0 heterocycles. The van der Waals surface area contributed by atoms with E-state index in [1.54, 1.807) is 0 Å². The van der Waals surface area contributed by atoms with E-state index in [4.69, 9.17) is 0 Å². The zero-order valence-electron chi connectivity index (χ0n) is 9.73. The van der Waals surface area contributed by atoms with Crippen molar-refractivity contribution < 1.29 is 0 Å². The zero-order chi connectivity index (χ0) is 11.6. The van der Waals surface area contributed by atoms with Crippen LogP contribution < -0.4 is 0 Å². The fourth-order valence-electron chi connectivity index (χ4n) is 2.70. The van der Waals surface area contributed by atoms with Crippen molar-refractivity contribution in [2.75, 3.05) is 0 Å². The van der Waals surface area contributed by atoms with E-state index in [0.29, 0.717) is 0 Å². The van der Waals surface area contributed by atoms with Gasteiger partial charge < -0.3 is 0 Å². The molecule has 88 valence electrons. The maximum atomic E-state index is 4.00. The summed E-state index contributed by atoms with van der Waals surface area (Å²) in [6, 6.07) is 6.70. The number of rotatable bonds is 2. The standard InChI is InChI=1S/C14H18Br2/c1-11-12(10-15)6-5-7-13(11)14(16)8-3-2-4-9-14/h5-7H,2-4,8-10H2,1H3. The van der Waals surface area contributed by atoms with Gasteiger partial charge in [-0.05, 0) is 36.5 Å². The van der Waals surface area contributed by atoms with Crippen molar-refractivity contribution in [3.8, 4) is 0 Å². The molecule has 1 aliphatic carbocycles. The van der Waals surface area contributed by atoms with Crippen LogP contribution in [0.2, 0.25) is 0 Å². The monoisotopic (exact) mass is 344 g/mol. The van der Waals surface area contributed by atoms with Crippen LogP contribution in [-0.4, -0.2) is 0 Å². The second kappa shape index (κ2) is 5.22. The topological polar surface area (TPSA) is 0 Å². The van der Waals surface area contributed by atoms with E-state index >= 15 is 0 Å². The predicted octanol–water partition coefficient (Wildman–Crippen LogP) is 5.44. The molecule has 0 N–H and O–H groups in total. The molecule has 16 heavy (non-hydrogen) atoms. The first-order chi connectivity index (χ1) is 7.67. The van der Waals surface area contributed by atoms with Gasteiger partial charge in [-0.1, -0.05) is 69.3 Å². The molecule has 1 fully saturated rings. The Morgan fingerprint density at radius 1 is 1.19 bits per heavy atom. The molecule has 0 unspecified atom stereocenters. The van der Waals surface area contributed by atoms with E-state index in [0.717, 1.165) is 5.33 Å². The number of hydrogen-bond acceptors (Lipinski definition) is 0. The number of hydrogen-bond donors (Lipinski definition) is 0. The van der Waals surface area contributed by atoms with E-state index in [9.17, 15) is 0 Å². The van der Waals surface area contributed by atoms with Gasteiger partial charge in [0.25, 0.3) is 0 Å². The molecule has 0 saturated heterocycles. The van der Waals surface area contributed by atoms with E-state index < -0.39 is 0 Å². The fourth-order valence-corrected chi connectivity index (χ4v) is 4.29. The molecule has 0 nitrogen and oxygen atoms in total. The Labute approximate surface area is 115 Å². The van der Waals surface area contributed by atoms with Gasteiger partial charge in [-0.25, -0.2) is 0 Å². The summed E-state index contributed by atoms with van der Waals surface area (Å²) in [5.74, 6) is 0. The van der Waals surface area contributed by atoms with Crippen molar-refractivity contribution in [1.82, 2.24) is 0 Å². The average Bonchev–Trinajstić information content (AvgIpc) is 2.30.